The minimum Gasteiger partial charge on any atom is -0.870 e. The van der Waals surface area contributed by atoms with Crippen molar-refractivity contribution in [3.63, 3.8) is 0 Å². The van der Waals surface area contributed by atoms with Crippen LogP contribution < -0.4 is 5.11 Å². The molecule has 0 fully saturated rings. The van der Waals surface area contributed by atoms with E-state index >= 15 is 0 Å². The monoisotopic (exact) mass is 126 g/mol. The summed E-state index contributed by atoms with van der Waals surface area (Å²) in [4.78, 5) is 9.49. The SMILES string of the molecule is C=C(C)C(=O)[O-].[Mg+2].[OH-]. The molecule has 3 nitrogen and oxygen atoms in total. The summed E-state index contributed by atoms with van der Waals surface area (Å²) in [6, 6.07) is 0. The van der Waals surface area contributed by atoms with Crippen LogP contribution in [0.4, 0.5) is 0 Å². The minimum absolute atomic E-state index is 0. The molecule has 0 aliphatic heterocycles. The van der Waals surface area contributed by atoms with Gasteiger partial charge in [-0.3, -0.25) is 0 Å². The molecule has 0 saturated carbocycles. The molecule has 42 valence electrons. The quantitative estimate of drug-likeness (QED) is 0.326. The van der Waals surface area contributed by atoms with Gasteiger partial charge in [0.05, 0.1) is 5.97 Å². The van der Waals surface area contributed by atoms with E-state index in [1.54, 1.807) is 0 Å². The van der Waals surface area contributed by atoms with E-state index in [-0.39, 0.29) is 34.1 Å². The largest absolute Gasteiger partial charge is 2.00 e. The van der Waals surface area contributed by atoms with Gasteiger partial charge in [0, 0.05) is 0 Å². The fourth-order valence-corrected chi connectivity index (χ4v) is 0. The van der Waals surface area contributed by atoms with Crippen LogP contribution in [-0.2, 0) is 4.79 Å². The molecule has 4 heteroatoms. The van der Waals surface area contributed by atoms with Gasteiger partial charge in [-0.15, -0.1) is 0 Å². The Bertz CT molecular complexity index is 77.3. The van der Waals surface area contributed by atoms with Crippen LogP contribution >= 0.6 is 0 Å². The third kappa shape index (κ3) is 9.34. The van der Waals surface area contributed by atoms with Gasteiger partial charge in [0.15, 0.2) is 0 Å². The second-order valence-electron chi connectivity index (χ2n) is 1.07. The van der Waals surface area contributed by atoms with Crippen molar-refractivity contribution in [1.29, 1.82) is 0 Å². The molecule has 0 atom stereocenters. The molecule has 0 spiro atoms. The third-order valence-electron chi connectivity index (χ3n) is 0.348. The van der Waals surface area contributed by atoms with Gasteiger partial charge in [-0.05, 0) is 12.5 Å². The van der Waals surface area contributed by atoms with E-state index in [9.17, 15) is 9.90 Å². The summed E-state index contributed by atoms with van der Waals surface area (Å²) in [7, 11) is 0. The van der Waals surface area contributed by atoms with Crippen LogP contribution in [0.25, 0.3) is 0 Å². The molecular formula is C4H6MgO3. The predicted octanol–water partition coefficient (Wildman–Crippen LogP) is -1.25. The number of carbonyl (C=O) groups excluding carboxylic acids is 1. The zero-order valence-corrected chi connectivity index (χ0v) is 6.09. The van der Waals surface area contributed by atoms with Crippen molar-refractivity contribution < 1.29 is 15.4 Å². The number of carboxylic acid groups (broad SMARTS) is 1. The maximum absolute atomic E-state index is 9.49. The average molecular weight is 126 g/mol. The van der Waals surface area contributed by atoms with Gasteiger partial charge in [0.1, 0.15) is 0 Å². The molecule has 0 heterocycles. The topological polar surface area (TPSA) is 70.1 Å². The van der Waals surface area contributed by atoms with Crippen molar-refractivity contribution in [1.82, 2.24) is 0 Å². The van der Waals surface area contributed by atoms with Crippen LogP contribution in [0.5, 0.6) is 0 Å². The Kier molecular flexibility index (Phi) is 13.6. The van der Waals surface area contributed by atoms with Gasteiger partial charge >= 0.3 is 23.1 Å². The molecule has 0 rings (SSSR count). The molecule has 0 amide bonds. The van der Waals surface area contributed by atoms with Gasteiger partial charge in [0.2, 0.25) is 0 Å². The molecule has 8 heavy (non-hydrogen) atoms. The van der Waals surface area contributed by atoms with E-state index in [1.807, 2.05) is 0 Å². The van der Waals surface area contributed by atoms with E-state index in [0.29, 0.717) is 0 Å². The van der Waals surface area contributed by atoms with Crippen molar-refractivity contribution in [2.45, 2.75) is 6.92 Å². The van der Waals surface area contributed by atoms with Gasteiger partial charge < -0.3 is 15.4 Å². The molecular weight excluding hydrogens is 120 g/mol. The van der Waals surface area contributed by atoms with Crippen molar-refractivity contribution in [2.75, 3.05) is 0 Å². The summed E-state index contributed by atoms with van der Waals surface area (Å²) >= 11 is 0. The molecule has 0 bridgehead atoms. The van der Waals surface area contributed by atoms with Gasteiger partial charge in [-0.2, -0.15) is 0 Å². The van der Waals surface area contributed by atoms with Crippen LogP contribution in [0, 0.1) is 0 Å². The van der Waals surface area contributed by atoms with Crippen LogP contribution in [0.2, 0.25) is 0 Å². The van der Waals surface area contributed by atoms with E-state index in [0.717, 1.165) is 0 Å². The van der Waals surface area contributed by atoms with Crippen molar-refractivity contribution >= 4 is 29.0 Å². The molecule has 1 N–H and O–H groups in total. The molecule has 0 aromatic heterocycles. The first-order valence-corrected chi connectivity index (χ1v) is 1.51. The number of hydrogen-bond donors (Lipinski definition) is 0. The second kappa shape index (κ2) is 6.94. The maximum atomic E-state index is 9.49. The first-order chi connectivity index (χ1) is 2.64. The second-order valence-corrected chi connectivity index (χ2v) is 1.07. The number of hydrogen-bond acceptors (Lipinski definition) is 3. The number of rotatable bonds is 1. The summed E-state index contributed by atoms with van der Waals surface area (Å²) in [6.07, 6.45) is 0. The fourth-order valence-electron chi connectivity index (χ4n) is 0. The van der Waals surface area contributed by atoms with Crippen LogP contribution in [0.3, 0.4) is 0 Å². The van der Waals surface area contributed by atoms with Gasteiger partial charge in [0.25, 0.3) is 0 Å². The number of carbonyl (C=O) groups is 1. The number of carboxylic acids is 1. The minimum atomic E-state index is -1.19. The summed E-state index contributed by atoms with van der Waals surface area (Å²) in [5.41, 5.74) is 0.0648. The third-order valence-corrected chi connectivity index (χ3v) is 0.348. The van der Waals surface area contributed by atoms with E-state index in [2.05, 4.69) is 6.58 Å². The summed E-state index contributed by atoms with van der Waals surface area (Å²) in [6.45, 7) is 4.48. The molecule has 0 aliphatic rings. The molecule has 0 radical (unpaired) electrons. The van der Waals surface area contributed by atoms with Crippen molar-refractivity contribution in [2.24, 2.45) is 0 Å². The predicted molar refractivity (Wildman–Crippen MR) is 27.5 cm³/mol. The zero-order valence-electron chi connectivity index (χ0n) is 4.68. The van der Waals surface area contributed by atoms with E-state index in [1.165, 1.54) is 6.92 Å². The average Bonchev–Trinajstić information content (AvgIpc) is 1.36. The Balaban J connectivity index is -0.000000125. The maximum Gasteiger partial charge on any atom is 2.00 e. The molecule has 0 aromatic rings. The Hall–Kier alpha value is -0.0638. The van der Waals surface area contributed by atoms with E-state index in [4.69, 9.17) is 0 Å². The zero-order chi connectivity index (χ0) is 5.15. The van der Waals surface area contributed by atoms with Crippen LogP contribution in [-0.4, -0.2) is 34.5 Å². The van der Waals surface area contributed by atoms with E-state index < -0.39 is 5.97 Å². The number of aliphatic carboxylic acids is 1. The Morgan fingerprint density at radius 3 is 1.75 bits per heavy atom. The van der Waals surface area contributed by atoms with Gasteiger partial charge in [-0.25, -0.2) is 0 Å². The first kappa shape index (κ1) is 15.7. The Morgan fingerprint density at radius 1 is 1.62 bits per heavy atom. The molecule has 0 saturated heterocycles. The molecule has 0 aliphatic carbocycles. The molecule has 0 aromatic carbocycles. The normalized spacial score (nSPS) is 5.62. The standard InChI is InChI=1S/C4H6O2.Mg.H2O/c1-3(2)4(5)6;;/h1H2,2H3,(H,5,6);;1H2/q;+2;/p-2. The molecule has 0 unspecified atom stereocenters. The van der Waals surface area contributed by atoms with Crippen LogP contribution in [0.15, 0.2) is 12.2 Å². The van der Waals surface area contributed by atoms with Crippen LogP contribution in [0.1, 0.15) is 6.92 Å². The Labute approximate surface area is 63.9 Å². The summed E-state index contributed by atoms with van der Waals surface area (Å²) in [5.74, 6) is -1.19. The van der Waals surface area contributed by atoms with Crippen molar-refractivity contribution in [3.05, 3.63) is 12.2 Å². The summed E-state index contributed by atoms with van der Waals surface area (Å²) in [5, 5.41) is 9.49. The first-order valence-electron chi connectivity index (χ1n) is 1.51. The summed E-state index contributed by atoms with van der Waals surface area (Å²) < 4.78 is 0. The fraction of sp³-hybridized carbons (Fsp3) is 0.250. The van der Waals surface area contributed by atoms with Crippen molar-refractivity contribution in [3.8, 4) is 0 Å². The Morgan fingerprint density at radius 2 is 1.75 bits per heavy atom. The smallest absolute Gasteiger partial charge is 0.870 e. The van der Waals surface area contributed by atoms with Gasteiger partial charge in [-0.1, -0.05) is 6.58 Å².